The summed E-state index contributed by atoms with van der Waals surface area (Å²) in [6, 6.07) is 18.9. The predicted molar refractivity (Wildman–Crippen MR) is 112 cm³/mol. The van der Waals surface area contributed by atoms with Crippen molar-refractivity contribution in [3.8, 4) is 0 Å². The highest BCUT2D eigenvalue weighted by Gasteiger charge is 2.20. The van der Waals surface area contributed by atoms with Crippen LogP contribution in [0.25, 0.3) is 10.8 Å². The first kappa shape index (κ1) is 19.1. The lowest BCUT2D eigenvalue weighted by atomic mass is 10.0. The summed E-state index contributed by atoms with van der Waals surface area (Å²) >= 11 is 0. The summed E-state index contributed by atoms with van der Waals surface area (Å²) in [5.41, 5.74) is 2.82. The van der Waals surface area contributed by atoms with Crippen LogP contribution in [0, 0.1) is 19.7 Å². The van der Waals surface area contributed by atoms with Gasteiger partial charge in [0.1, 0.15) is 5.82 Å². The van der Waals surface area contributed by atoms with E-state index in [9.17, 15) is 12.8 Å². The van der Waals surface area contributed by atoms with E-state index in [2.05, 4.69) is 28.0 Å². The van der Waals surface area contributed by atoms with Gasteiger partial charge in [0.15, 0.2) is 0 Å². The van der Waals surface area contributed by atoms with Crippen molar-refractivity contribution in [1.29, 1.82) is 0 Å². The van der Waals surface area contributed by atoms with Crippen molar-refractivity contribution in [3.63, 3.8) is 0 Å². The standard InChI is InChI=1S/C22H20FN3O2S/c1-15-22(25-29(27,28)20-12-10-19(23)11-13-20)16(2)26(24-15)14-18-8-5-7-17-6-3-4-9-21(17)18/h3-13,25H,14H2,1-2H3. The summed E-state index contributed by atoms with van der Waals surface area (Å²) in [7, 11) is -3.84. The van der Waals surface area contributed by atoms with Gasteiger partial charge in [-0.15, -0.1) is 0 Å². The van der Waals surface area contributed by atoms with E-state index < -0.39 is 15.8 Å². The van der Waals surface area contributed by atoms with Gasteiger partial charge in [-0.3, -0.25) is 9.40 Å². The second kappa shape index (κ2) is 7.33. The number of rotatable bonds is 5. The molecule has 0 atom stereocenters. The molecule has 1 heterocycles. The fourth-order valence-electron chi connectivity index (χ4n) is 3.40. The predicted octanol–water partition coefficient (Wildman–Crippen LogP) is 4.64. The molecule has 0 aliphatic carbocycles. The fraction of sp³-hybridized carbons (Fsp3) is 0.136. The van der Waals surface area contributed by atoms with Crippen molar-refractivity contribution >= 4 is 26.5 Å². The molecule has 0 aliphatic rings. The van der Waals surface area contributed by atoms with E-state index in [1.807, 2.05) is 31.2 Å². The van der Waals surface area contributed by atoms with Crippen LogP contribution in [0.1, 0.15) is 17.0 Å². The first-order valence-electron chi connectivity index (χ1n) is 9.14. The second-order valence-corrected chi connectivity index (χ2v) is 8.58. The molecule has 5 nitrogen and oxygen atoms in total. The molecule has 0 spiro atoms. The molecule has 148 valence electrons. The molecule has 1 aromatic heterocycles. The van der Waals surface area contributed by atoms with Crippen LogP contribution in [-0.4, -0.2) is 18.2 Å². The number of hydrogen-bond acceptors (Lipinski definition) is 3. The normalized spacial score (nSPS) is 11.7. The van der Waals surface area contributed by atoms with Crippen LogP contribution in [0.3, 0.4) is 0 Å². The van der Waals surface area contributed by atoms with Gasteiger partial charge >= 0.3 is 0 Å². The van der Waals surface area contributed by atoms with Gasteiger partial charge in [-0.1, -0.05) is 42.5 Å². The van der Waals surface area contributed by atoms with Crippen LogP contribution in [-0.2, 0) is 16.6 Å². The molecule has 0 saturated carbocycles. The number of aryl methyl sites for hydroxylation is 1. The van der Waals surface area contributed by atoms with Crippen LogP contribution in [0.15, 0.2) is 71.6 Å². The van der Waals surface area contributed by atoms with Gasteiger partial charge in [-0.05, 0) is 54.4 Å². The quantitative estimate of drug-likeness (QED) is 0.522. The van der Waals surface area contributed by atoms with Crippen molar-refractivity contribution < 1.29 is 12.8 Å². The van der Waals surface area contributed by atoms with Crippen molar-refractivity contribution in [1.82, 2.24) is 9.78 Å². The van der Waals surface area contributed by atoms with Crippen LogP contribution >= 0.6 is 0 Å². The molecule has 0 unspecified atom stereocenters. The van der Waals surface area contributed by atoms with Crippen LogP contribution in [0.4, 0.5) is 10.1 Å². The van der Waals surface area contributed by atoms with Crippen molar-refractivity contribution in [2.24, 2.45) is 0 Å². The summed E-state index contributed by atoms with van der Waals surface area (Å²) in [4.78, 5) is -0.000460. The average Bonchev–Trinajstić information content (AvgIpc) is 2.96. The summed E-state index contributed by atoms with van der Waals surface area (Å²) in [5, 5.41) is 6.81. The number of hydrogen-bond donors (Lipinski definition) is 1. The molecule has 4 aromatic rings. The lowest BCUT2D eigenvalue weighted by Crippen LogP contribution is -2.14. The van der Waals surface area contributed by atoms with Gasteiger partial charge in [-0.2, -0.15) is 5.10 Å². The summed E-state index contributed by atoms with van der Waals surface area (Å²) in [5.74, 6) is -0.487. The minimum Gasteiger partial charge on any atom is -0.276 e. The zero-order chi connectivity index (χ0) is 20.6. The van der Waals surface area contributed by atoms with E-state index >= 15 is 0 Å². The minimum atomic E-state index is -3.84. The summed E-state index contributed by atoms with van der Waals surface area (Å²) in [6.45, 7) is 4.11. The molecule has 29 heavy (non-hydrogen) atoms. The number of aromatic nitrogens is 2. The van der Waals surface area contributed by atoms with Crippen molar-refractivity contribution in [2.45, 2.75) is 25.3 Å². The van der Waals surface area contributed by atoms with E-state index in [0.29, 0.717) is 23.6 Å². The van der Waals surface area contributed by atoms with E-state index in [1.165, 1.54) is 12.1 Å². The maximum absolute atomic E-state index is 13.1. The van der Waals surface area contributed by atoms with Gasteiger partial charge in [0.25, 0.3) is 10.0 Å². The van der Waals surface area contributed by atoms with Gasteiger partial charge in [0.2, 0.25) is 0 Å². The molecule has 0 bridgehead atoms. The first-order valence-corrected chi connectivity index (χ1v) is 10.6. The lowest BCUT2D eigenvalue weighted by Gasteiger charge is -2.10. The third kappa shape index (κ3) is 3.73. The molecule has 0 saturated heterocycles. The van der Waals surface area contributed by atoms with Crippen LogP contribution in [0.5, 0.6) is 0 Å². The van der Waals surface area contributed by atoms with E-state index in [-0.39, 0.29) is 4.90 Å². The topological polar surface area (TPSA) is 64.0 Å². The minimum absolute atomic E-state index is 0.000460. The molecule has 3 aromatic carbocycles. The maximum Gasteiger partial charge on any atom is 0.262 e. The molecule has 4 rings (SSSR count). The molecule has 0 fully saturated rings. The Kier molecular flexibility index (Phi) is 4.84. The number of anilines is 1. The summed E-state index contributed by atoms with van der Waals surface area (Å²) < 4.78 is 42.9. The van der Waals surface area contributed by atoms with Crippen molar-refractivity contribution in [2.75, 3.05) is 4.72 Å². The molecule has 0 aliphatic heterocycles. The van der Waals surface area contributed by atoms with Gasteiger partial charge in [0.05, 0.1) is 28.5 Å². The molecule has 1 N–H and O–H groups in total. The highest BCUT2D eigenvalue weighted by molar-refractivity contribution is 7.92. The number of benzene rings is 3. The number of sulfonamides is 1. The Labute approximate surface area is 168 Å². The SMILES string of the molecule is Cc1nn(Cc2cccc3ccccc23)c(C)c1NS(=O)(=O)c1ccc(F)cc1. The van der Waals surface area contributed by atoms with E-state index in [1.54, 1.807) is 11.6 Å². The monoisotopic (exact) mass is 409 g/mol. The number of nitrogens with zero attached hydrogens (tertiary/aromatic N) is 2. The third-order valence-corrected chi connectivity index (χ3v) is 6.31. The van der Waals surface area contributed by atoms with Gasteiger partial charge < -0.3 is 0 Å². The lowest BCUT2D eigenvalue weighted by molar-refractivity contribution is 0.599. The van der Waals surface area contributed by atoms with Crippen molar-refractivity contribution in [3.05, 3.63) is 89.5 Å². The third-order valence-electron chi connectivity index (χ3n) is 4.94. The summed E-state index contributed by atoms with van der Waals surface area (Å²) in [6.07, 6.45) is 0. The van der Waals surface area contributed by atoms with Gasteiger partial charge in [-0.25, -0.2) is 12.8 Å². The Hall–Kier alpha value is -3.19. The number of fused-ring (bicyclic) bond motifs is 1. The molecule has 7 heteroatoms. The smallest absolute Gasteiger partial charge is 0.262 e. The Morgan fingerprint density at radius 3 is 2.41 bits per heavy atom. The molecule has 0 radical (unpaired) electrons. The average molecular weight is 409 g/mol. The number of nitrogens with one attached hydrogen (secondary N) is 1. The Morgan fingerprint density at radius 1 is 0.966 bits per heavy atom. The first-order chi connectivity index (χ1) is 13.8. The Balaban J connectivity index is 1.67. The zero-order valence-corrected chi connectivity index (χ0v) is 16.9. The van der Waals surface area contributed by atoms with Crippen LogP contribution < -0.4 is 4.72 Å². The zero-order valence-electron chi connectivity index (χ0n) is 16.1. The largest absolute Gasteiger partial charge is 0.276 e. The number of halogens is 1. The second-order valence-electron chi connectivity index (χ2n) is 6.90. The molecule has 0 amide bonds. The van der Waals surface area contributed by atoms with E-state index in [0.717, 1.165) is 28.5 Å². The maximum atomic E-state index is 13.1. The highest BCUT2D eigenvalue weighted by Crippen LogP contribution is 2.26. The fourth-order valence-corrected chi connectivity index (χ4v) is 4.57. The Morgan fingerprint density at radius 2 is 1.66 bits per heavy atom. The van der Waals surface area contributed by atoms with E-state index in [4.69, 9.17) is 0 Å². The Bertz CT molecular complexity index is 1290. The molecular weight excluding hydrogens is 389 g/mol. The molecular formula is C22H20FN3O2S. The van der Waals surface area contributed by atoms with Gasteiger partial charge in [0, 0.05) is 0 Å². The highest BCUT2D eigenvalue weighted by atomic mass is 32.2. The van der Waals surface area contributed by atoms with Crippen LogP contribution in [0.2, 0.25) is 0 Å².